The minimum absolute atomic E-state index is 0.0345. The molecular weight excluding hydrogens is 226 g/mol. The van der Waals surface area contributed by atoms with Crippen LogP contribution in [-0.2, 0) is 0 Å². The second kappa shape index (κ2) is 4.09. The van der Waals surface area contributed by atoms with Crippen LogP contribution in [0.2, 0.25) is 0 Å². The lowest BCUT2D eigenvalue weighted by molar-refractivity contribution is 1.23. The predicted octanol–water partition coefficient (Wildman–Crippen LogP) is 2.88. The third-order valence-corrected chi connectivity index (χ3v) is 3.70. The number of hydrogen-bond donors (Lipinski definition) is 1. The Bertz CT molecular complexity index is 527. The van der Waals surface area contributed by atoms with Gasteiger partial charge in [0, 0.05) is 4.90 Å². The Hall–Kier alpha value is -1.25. The van der Waals surface area contributed by atoms with Gasteiger partial charge in [-0.25, -0.2) is 4.98 Å². The highest BCUT2D eigenvalue weighted by atomic mass is 32.2. The molecule has 0 aliphatic rings. The Morgan fingerprint density at radius 2 is 2.40 bits per heavy atom. The zero-order chi connectivity index (χ0) is 10.8. The highest BCUT2D eigenvalue weighted by molar-refractivity contribution is 8.00. The van der Waals surface area contributed by atoms with Gasteiger partial charge >= 0.3 is 0 Å². The number of nitrogen functional groups attached to an aromatic ring is 1. The van der Waals surface area contributed by atoms with Crippen LogP contribution < -0.4 is 5.73 Å². The van der Waals surface area contributed by atoms with E-state index in [1.54, 1.807) is 11.8 Å². The fourth-order valence-electron chi connectivity index (χ4n) is 1.23. The van der Waals surface area contributed by atoms with Crippen LogP contribution in [0.5, 0.6) is 0 Å². The van der Waals surface area contributed by atoms with Crippen molar-refractivity contribution in [2.24, 2.45) is 0 Å². The van der Waals surface area contributed by atoms with Crippen molar-refractivity contribution >= 4 is 38.4 Å². The standard InChI is InChI=1S/C10H9N3S2/c1-6(5-11)14-7-2-3-8-9(4-7)15-10(12)13-8/h2-4,6H,1H3,(H2,12,13). The zero-order valence-corrected chi connectivity index (χ0v) is 9.73. The van der Waals surface area contributed by atoms with Crippen molar-refractivity contribution in [2.45, 2.75) is 17.1 Å². The summed E-state index contributed by atoms with van der Waals surface area (Å²) in [7, 11) is 0. The zero-order valence-electron chi connectivity index (χ0n) is 8.10. The Kier molecular flexibility index (Phi) is 2.80. The third kappa shape index (κ3) is 2.22. The Balaban J connectivity index is 2.35. The van der Waals surface area contributed by atoms with Crippen LogP contribution in [0.4, 0.5) is 5.13 Å². The summed E-state index contributed by atoms with van der Waals surface area (Å²) in [6.45, 7) is 1.88. The van der Waals surface area contributed by atoms with Crippen LogP contribution in [0.15, 0.2) is 23.1 Å². The quantitative estimate of drug-likeness (QED) is 0.813. The highest BCUT2D eigenvalue weighted by Gasteiger charge is 2.05. The number of thiazole rings is 1. The SMILES string of the molecule is CC(C#N)Sc1ccc2nc(N)sc2c1. The fourth-order valence-corrected chi connectivity index (χ4v) is 2.87. The van der Waals surface area contributed by atoms with E-state index >= 15 is 0 Å². The van der Waals surface area contributed by atoms with E-state index in [0.29, 0.717) is 5.13 Å². The van der Waals surface area contributed by atoms with Crippen LogP contribution >= 0.6 is 23.1 Å². The van der Waals surface area contributed by atoms with Gasteiger partial charge in [-0.1, -0.05) is 11.3 Å². The maximum atomic E-state index is 8.71. The van der Waals surface area contributed by atoms with Gasteiger partial charge in [-0.05, 0) is 25.1 Å². The molecule has 1 unspecified atom stereocenters. The van der Waals surface area contributed by atoms with Crippen molar-refractivity contribution in [3.05, 3.63) is 18.2 Å². The summed E-state index contributed by atoms with van der Waals surface area (Å²) in [5.74, 6) is 0. The molecule has 0 spiro atoms. The molecule has 0 amide bonds. The molecule has 0 bridgehead atoms. The molecule has 0 fully saturated rings. The van der Waals surface area contributed by atoms with E-state index in [9.17, 15) is 0 Å². The number of nitrogens with zero attached hydrogens (tertiary/aromatic N) is 2. The van der Waals surface area contributed by atoms with Gasteiger partial charge in [-0.2, -0.15) is 5.26 Å². The second-order valence-electron chi connectivity index (χ2n) is 3.07. The summed E-state index contributed by atoms with van der Waals surface area (Å²) in [4.78, 5) is 5.26. The summed E-state index contributed by atoms with van der Waals surface area (Å²) >= 11 is 3.02. The number of hydrogen-bond acceptors (Lipinski definition) is 5. The van der Waals surface area contributed by atoms with E-state index in [1.807, 2.05) is 25.1 Å². The molecule has 2 rings (SSSR count). The van der Waals surface area contributed by atoms with Crippen molar-refractivity contribution in [3.8, 4) is 6.07 Å². The van der Waals surface area contributed by atoms with Crippen molar-refractivity contribution in [3.63, 3.8) is 0 Å². The van der Waals surface area contributed by atoms with Gasteiger partial charge in [0.15, 0.2) is 5.13 Å². The monoisotopic (exact) mass is 235 g/mol. The number of aromatic nitrogens is 1. The first-order chi connectivity index (χ1) is 7.19. The van der Waals surface area contributed by atoms with Gasteiger partial charge in [0.2, 0.25) is 0 Å². The fraction of sp³-hybridized carbons (Fsp3) is 0.200. The molecule has 2 N–H and O–H groups in total. The smallest absolute Gasteiger partial charge is 0.181 e. The van der Waals surface area contributed by atoms with E-state index in [-0.39, 0.29) is 5.25 Å². The molecule has 5 heteroatoms. The number of fused-ring (bicyclic) bond motifs is 1. The Morgan fingerprint density at radius 3 is 3.13 bits per heavy atom. The molecular formula is C10H9N3S2. The first-order valence-corrected chi connectivity index (χ1v) is 6.11. The third-order valence-electron chi connectivity index (χ3n) is 1.87. The van der Waals surface area contributed by atoms with Crippen molar-refractivity contribution in [2.75, 3.05) is 5.73 Å². The van der Waals surface area contributed by atoms with Crippen molar-refractivity contribution in [1.82, 2.24) is 4.98 Å². The molecule has 0 aliphatic heterocycles. The van der Waals surface area contributed by atoms with E-state index in [4.69, 9.17) is 11.0 Å². The number of thioether (sulfide) groups is 1. The Labute approximate surface area is 95.9 Å². The first-order valence-electron chi connectivity index (χ1n) is 4.41. The molecule has 1 aromatic carbocycles. The summed E-state index contributed by atoms with van der Waals surface area (Å²) in [6, 6.07) is 8.13. The minimum atomic E-state index is -0.0345. The molecule has 76 valence electrons. The lowest BCUT2D eigenvalue weighted by Gasteiger charge is -2.01. The molecule has 2 aromatic rings. The van der Waals surface area contributed by atoms with Gasteiger partial charge in [-0.15, -0.1) is 11.8 Å². The number of nitrogens with two attached hydrogens (primary N) is 1. The normalized spacial score (nSPS) is 12.5. The Morgan fingerprint density at radius 1 is 1.60 bits per heavy atom. The molecule has 1 atom stereocenters. The van der Waals surface area contributed by atoms with Crippen molar-refractivity contribution in [1.29, 1.82) is 5.26 Å². The van der Waals surface area contributed by atoms with Crippen molar-refractivity contribution < 1.29 is 0 Å². The highest BCUT2D eigenvalue weighted by Crippen LogP contribution is 2.30. The van der Waals surface area contributed by atoms with Gasteiger partial charge in [0.25, 0.3) is 0 Å². The van der Waals surface area contributed by atoms with E-state index in [1.165, 1.54) is 11.3 Å². The topological polar surface area (TPSA) is 62.7 Å². The number of anilines is 1. The lowest BCUT2D eigenvalue weighted by atomic mass is 10.3. The summed E-state index contributed by atoms with van der Waals surface area (Å²) in [5.41, 5.74) is 6.54. The largest absolute Gasteiger partial charge is 0.375 e. The molecule has 0 aliphatic carbocycles. The molecule has 15 heavy (non-hydrogen) atoms. The number of rotatable bonds is 2. The molecule has 0 saturated heterocycles. The van der Waals surface area contributed by atoms with Crippen LogP contribution in [0, 0.1) is 11.3 Å². The summed E-state index contributed by atoms with van der Waals surface area (Å²) < 4.78 is 1.07. The summed E-state index contributed by atoms with van der Waals surface area (Å²) in [6.07, 6.45) is 0. The van der Waals surface area contributed by atoms with E-state index < -0.39 is 0 Å². The van der Waals surface area contributed by atoms with Gasteiger partial charge in [0.05, 0.1) is 21.5 Å². The maximum Gasteiger partial charge on any atom is 0.181 e. The number of nitriles is 1. The second-order valence-corrected chi connectivity index (χ2v) is 5.55. The molecule has 3 nitrogen and oxygen atoms in total. The van der Waals surface area contributed by atoms with Crippen LogP contribution in [-0.4, -0.2) is 10.2 Å². The average molecular weight is 235 g/mol. The predicted molar refractivity (Wildman–Crippen MR) is 65.0 cm³/mol. The van der Waals surface area contributed by atoms with Gasteiger partial charge < -0.3 is 5.73 Å². The van der Waals surface area contributed by atoms with Crippen LogP contribution in [0.25, 0.3) is 10.2 Å². The molecule has 1 heterocycles. The average Bonchev–Trinajstić information content (AvgIpc) is 2.57. The lowest BCUT2D eigenvalue weighted by Crippen LogP contribution is -1.88. The molecule has 1 aromatic heterocycles. The maximum absolute atomic E-state index is 8.71. The van der Waals surface area contributed by atoms with E-state index in [2.05, 4.69) is 11.1 Å². The molecule has 0 saturated carbocycles. The number of benzene rings is 1. The van der Waals surface area contributed by atoms with Gasteiger partial charge in [-0.3, -0.25) is 0 Å². The first kappa shape index (κ1) is 10.3. The van der Waals surface area contributed by atoms with Gasteiger partial charge in [0.1, 0.15) is 0 Å². The summed E-state index contributed by atoms with van der Waals surface area (Å²) in [5, 5.41) is 9.26. The minimum Gasteiger partial charge on any atom is -0.375 e. The van der Waals surface area contributed by atoms with E-state index in [0.717, 1.165) is 15.1 Å². The molecule has 0 radical (unpaired) electrons. The van der Waals surface area contributed by atoms with Crippen LogP contribution in [0.1, 0.15) is 6.92 Å². The van der Waals surface area contributed by atoms with Crippen LogP contribution in [0.3, 0.4) is 0 Å².